The molecule has 0 aliphatic carbocycles. The molecule has 3 N–H and O–H groups in total. The number of benzene rings is 2. The van der Waals surface area contributed by atoms with Gasteiger partial charge in [-0.25, -0.2) is 13.1 Å². The first-order valence-electron chi connectivity index (χ1n) is 7.82. The largest absolute Gasteiger partial charge is 0.323 e. The summed E-state index contributed by atoms with van der Waals surface area (Å²) in [7, 11) is -3.56. The third kappa shape index (κ3) is 6.01. The fourth-order valence-corrected chi connectivity index (χ4v) is 3.94. The van der Waals surface area contributed by atoms with E-state index in [0.29, 0.717) is 5.92 Å². The highest BCUT2D eigenvalue weighted by Gasteiger charge is 2.16. The molecule has 7 heteroatoms. The maximum absolute atomic E-state index is 12.4. The summed E-state index contributed by atoms with van der Waals surface area (Å²) >= 11 is 1.51. The van der Waals surface area contributed by atoms with E-state index in [1.165, 1.54) is 17.3 Å². The zero-order valence-corrected chi connectivity index (χ0v) is 17.0. The molecule has 138 valence electrons. The van der Waals surface area contributed by atoms with E-state index in [4.69, 9.17) is 5.73 Å². The summed E-state index contributed by atoms with van der Waals surface area (Å²) < 4.78 is 27.4. The minimum atomic E-state index is -3.56. The molecular formula is C18H25ClN2O2S2. The zero-order chi connectivity index (χ0) is 17.7. The maximum atomic E-state index is 12.4. The number of halogens is 1. The Morgan fingerprint density at radius 1 is 1.08 bits per heavy atom. The van der Waals surface area contributed by atoms with Crippen LogP contribution in [0.1, 0.15) is 36.9 Å². The molecule has 0 aliphatic heterocycles. The predicted molar refractivity (Wildman–Crippen MR) is 108 cm³/mol. The SMILES string of the molecule is CSc1cccc(S(=O)(=O)NCC(N)c2ccc(C(C)C)cc2)c1.Cl. The topological polar surface area (TPSA) is 72.2 Å². The van der Waals surface area contributed by atoms with Crippen LogP contribution >= 0.6 is 24.2 Å². The molecule has 25 heavy (non-hydrogen) atoms. The molecule has 0 radical (unpaired) electrons. The molecule has 2 rings (SSSR count). The summed E-state index contributed by atoms with van der Waals surface area (Å²) in [6, 6.07) is 14.5. The van der Waals surface area contributed by atoms with E-state index in [2.05, 4.69) is 18.6 Å². The van der Waals surface area contributed by atoms with E-state index < -0.39 is 10.0 Å². The van der Waals surface area contributed by atoms with Gasteiger partial charge >= 0.3 is 0 Å². The molecule has 0 aliphatic rings. The van der Waals surface area contributed by atoms with Gasteiger partial charge in [0.15, 0.2) is 0 Å². The lowest BCUT2D eigenvalue weighted by molar-refractivity contribution is 0.572. The lowest BCUT2D eigenvalue weighted by Crippen LogP contribution is -2.32. The van der Waals surface area contributed by atoms with Crippen molar-refractivity contribution in [2.45, 2.75) is 35.6 Å². The maximum Gasteiger partial charge on any atom is 0.240 e. The molecule has 1 unspecified atom stereocenters. The molecule has 2 aromatic rings. The quantitative estimate of drug-likeness (QED) is 0.690. The smallest absolute Gasteiger partial charge is 0.240 e. The van der Waals surface area contributed by atoms with E-state index in [1.54, 1.807) is 18.2 Å². The molecule has 4 nitrogen and oxygen atoms in total. The summed E-state index contributed by atoms with van der Waals surface area (Å²) in [4.78, 5) is 1.17. The first-order valence-corrected chi connectivity index (χ1v) is 10.5. The van der Waals surface area contributed by atoms with Crippen LogP contribution in [-0.2, 0) is 10.0 Å². The molecule has 0 spiro atoms. The normalized spacial score (nSPS) is 12.7. The number of nitrogens with one attached hydrogen (secondary N) is 1. The molecular weight excluding hydrogens is 376 g/mol. The van der Waals surface area contributed by atoms with Gasteiger partial charge in [-0.15, -0.1) is 24.2 Å². The van der Waals surface area contributed by atoms with E-state index in [1.807, 2.05) is 36.6 Å². The van der Waals surface area contributed by atoms with Gasteiger partial charge in [0.2, 0.25) is 10.0 Å². The van der Waals surface area contributed by atoms with Crippen molar-refractivity contribution in [3.8, 4) is 0 Å². The monoisotopic (exact) mass is 400 g/mol. The lowest BCUT2D eigenvalue weighted by atomic mass is 9.99. The Morgan fingerprint density at radius 3 is 2.24 bits per heavy atom. The second kappa shape index (κ2) is 9.59. The van der Waals surface area contributed by atoms with Crippen molar-refractivity contribution in [1.29, 1.82) is 0 Å². The first kappa shape index (κ1) is 22.0. The van der Waals surface area contributed by atoms with Gasteiger partial charge in [-0.2, -0.15) is 0 Å². The number of hydrogen-bond acceptors (Lipinski definition) is 4. The predicted octanol–water partition coefficient (Wildman–Crippen LogP) is 3.93. The second-order valence-electron chi connectivity index (χ2n) is 5.96. The number of thioether (sulfide) groups is 1. The van der Waals surface area contributed by atoms with Gasteiger partial charge in [-0.3, -0.25) is 0 Å². The molecule has 0 fully saturated rings. The summed E-state index contributed by atoms with van der Waals surface area (Å²) in [5.74, 6) is 0.456. The van der Waals surface area contributed by atoms with Gasteiger partial charge in [0, 0.05) is 17.5 Å². The highest BCUT2D eigenvalue weighted by Crippen LogP contribution is 2.20. The molecule has 0 heterocycles. The van der Waals surface area contributed by atoms with Gasteiger partial charge in [-0.1, -0.05) is 44.2 Å². The van der Waals surface area contributed by atoms with E-state index in [-0.39, 0.29) is 29.9 Å². The molecule has 0 aromatic heterocycles. The van der Waals surface area contributed by atoms with Gasteiger partial charge < -0.3 is 5.73 Å². The lowest BCUT2D eigenvalue weighted by Gasteiger charge is -2.15. The molecule has 0 bridgehead atoms. The minimum absolute atomic E-state index is 0. The van der Waals surface area contributed by atoms with Crippen molar-refractivity contribution < 1.29 is 8.42 Å². The van der Waals surface area contributed by atoms with E-state index >= 15 is 0 Å². The molecule has 0 saturated carbocycles. The summed E-state index contributed by atoms with van der Waals surface area (Å²) in [5, 5.41) is 0. The number of rotatable bonds is 7. The minimum Gasteiger partial charge on any atom is -0.323 e. The van der Waals surface area contributed by atoms with Crippen LogP contribution in [0.4, 0.5) is 0 Å². The highest BCUT2D eigenvalue weighted by atomic mass is 35.5. The van der Waals surface area contributed by atoms with Crippen molar-refractivity contribution in [3.05, 3.63) is 59.7 Å². The summed E-state index contributed by atoms with van der Waals surface area (Å²) in [6.45, 7) is 4.42. The third-order valence-electron chi connectivity index (χ3n) is 3.88. The van der Waals surface area contributed by atoms with Crippen molar-refractivity contribution in [2.75, 3.05) is 12.8 Å². The Bertz CT molecular complexity index is 778. The average Bonchev–Trinajstić information content (AvgIpc) is 2.60. The van der Waals surface area contributed by atoms with Crippen LogP contribution in [0.3, 0.4) is 0 Å². The molecule has 0 amide bonds. The molecule has 1 atom stereocenters. The van der Waals surface area contributed by atoms with Crippen molar-refractivity contribution in [1.82, 2.24) is 4.72 Å². The van der Waals surface area contributed by atoms with Crippen LogP contribution in [0.15, 0.2) is 58.3 Å². The molecule has 2 aromatic carbocycles. The fraction of sp³-hybridized carbons (Fsp3) is 0.333. The Hall–Kier alpha value is -1.05. The summed E-state index contributed by atoms with van der Waals surface area (Å²) in [6.07, 6.45) is 1.91. The first-order chi connectivity index (χ1) is 11.3. The summed E-state index contributed by atoms with van der Waals surface area (Å²) in [5.41, 5.74) is 8.28. The number of nitrogens with two attached hydrogens (primary N) is 1. The second-order valence-corrected chi connectivity index (χ2v) is 8.61. The Kier molecular flexibility index (Phi) is 8.44. The van der Waals surface area contributed by atoms with E-state index in [9.17, 15) is 8.42 Å². The standard InChI is InChI=1S/C18H24N2O2S2.ClH/c1-13(2)14-7-9-15(10-8-14)18(19)12-20-24(21,22)17-6-4-5-16(11-17)23-3;/h4-11,13,18,20H,12,19H2,1-3H3;1H. The van der Waals surface area contributed by atoms with E-state index in [0.717, 1.165) is 10.5 Å². The van der Waals surface area contributed by atoms with Crippen LogP contribution in [0.25, 0.3) is 0 Å². The van der Waals surface area contributed by atoms with Crippen LogP contribution < -0.4 is 10.5 Å². The molecule has 0 saturated heterocycles. The van der Waals surface area contributed by atoms with Gasteiger partial charge in [0.1, 0.15) is 0 Å². The third-order valence-corrected chi connectivity index (χ3v) is 6.02. The highest BCUT2D eigenvalue weighted by molar-refractivity contribution is 7.98. The van der Waals surface area contributed by atoms with Crippen molar-refractivity contribution in [2.24, 2.45) is 5.73 Å². The van der Waals surface area contributed by atoms with Crippen molar-refractivity contribution in [3.63, 3.8) is 0 Å². The van der Waals surface area contributed by atoms with Gasteiger partial charge in [0.25, 0.3) is 0 Å². The zero-order valence-electron chi connectivity index (χ0n) is 14.6. The Balaban J connectivity index is 0.00000312. The van der Waals surface area contributed by atoms with Crippen LogP contribution in [0.5, 0.6) is 0 Å². The average molecular weight is 401 g/mol. The van der Waals surface area contributed by atoms with Gasteiger partial charge in [-0.05, 0) is 41.5 Å². The van der Waals surface area contributed by atoms with Crippen LogP contribution in [0, 0.1) is 0 Å². The fourth-order valence-electron chi connectivity index (χ4n) is 2.30. The van der Waals surface area contributed by atoms with Crippen molar-refractivity contribution >= 4 is 34.2 Å². The van der Waals surface area contributed by atoms with Gasteiger partial charge in [0.05, 0.1) is 4.90 Å². The Labute approximate surface area is 161 Å². The Morgan fingerprint density at radius 2 is 1.68 bits per heavy atom. The van der Waals surface area contributed by atoms with Crippen LogP contribution in [0.2, 0.25) is 0 Å². The number of hydrogen-bond donors (Lipinski definition) is 2. The number of sulfonamides is 1. The van der Waals surface area contributed by atoms with Crippen LogP contribution in [-0.4, -0.2) is 21.2 Å².